The second-order valence-corrected chi connectivity index (χ2v) is 9.60. The van der Waals surface area contributed by atoms with Crippen molar-refractivity contribution in [2.24, 2.45) is 5.41 Å². The highest BCUT2D eigenvalue weighted by Gasteiger charge is 2.42. The van der Waals surface area contributed by atoms with Gasteiger partial charge in [-0.25, -0.2) is 9.97 Å². The minimum Gasteiger partial charge on any atom is -0.324 e. The van der Waals surface area contributed by atoms with Gasteiger partial charge in [-0.3, -0.25) is 4.98 Å². The maximum Gasteiger partial charge on any atom is 0.433 e. The predicted octanol–water partition coefficient (Wildman–Crippen LogP) is 6.82. The molecule has 0 amide bonds. The molecule has 0 saturated carbocycles. The van der Waals surface area contributed by atoms with Gasteiger partial charge in [0, 0.05) is 17.8 Å². The van der Waals surface area contributed by atoms with E-state index in [1.807, 2.05) is 38.1 Å². The van der Waals surface area contributed by atoms with Gasteiger partial charge in [-0.2, -0.15) is 36.3 Å². The molecule has 0 spiro atoms. The van der Waals surface area contributed by atoms with Crippen molar-refractivity contribution in [1.82, 2.24) is 24.9 Å². The number of hydrogen-bond donors (Lipinski definition) is 1. The molecule has 0 bridgehead atoms. The van der Waals surface area contributed by atoms with Crippen LogP contribution in [-0.2, 0) is 18.8 Å². The molecule has 5 rings (SSSR count). The Morgan fingerprint density at radius 2 is 1.55 bits per heavy atom. The third-order valence-corrected chi connectivity index (χ3v) is 6.28. The molecule has 1 aliphatic carbocycles. The van der Waals surface area contributed by atoms with Gasteiger partial charge in [0.25, 0.3) is 0 Å². The highest BCUT2D eigenvalue weighted by Crippen LogP contribution is 2.49. The van der Waals surface area contributed by atoms with Crippen molar-refractivity contribution in [3.63, 3.8) is 0 Å². The molecule has 6 nitrogen and oxygen atoms in total. The first kappa shape index (κ1) is 25.6. The smallest absolute Gasteiger partial charge is 0.324 e. The number of halogens is 6. The van der Waals surface area contributed by atoms with Crippen LogP contribution in [0.2, 0.25) is 0 Å². The van der Waals surface area contributed by atoms with E-state index in [0.29, 0.717) is 6.42 Å². The molecular formula is C26H20F6N6. The van der Waals surface area contributed by atoms with Crippen LogP contribution in [0.3, 0.4) is 0 Å². The number of nitrogens with one attached hydrogen (secondary N) is 1. The van der Waals surface area contributed by atoms with Crippen molar-refractivity contribution in [1.29, 1.82) is 0 Å². The monoisotopic (exact) mass is 530 g/mol. The van der Waals surface area contributed by atoms with E-state index in [0.717, 1.165) is 29.5 Å². The summed E-state index contributed by atoms with van der Waals surface area (Å²) in [5.74, 6) is -0.371. The van der Waals surface area contributed by atoms with Crippen LogP contribution in [0.1, 0.15) is 48.1 Å². The first-order valence-electron chi connectivity index (χ1n) is 11.5. The fraction of sp³-hybridized carbons (Fsp3) is 0.269. The van der Waals surface area contributed by atoms with Gasteiger partial charge in [0.15, 0.2) is 5.82 Å². The van der Waals surface area contributed by atoms with E-state index in [1.54, 1.807) is 0 Å². The summed E-state index contributed by atoms with van der Waals surface area (Å²) >= 11 is 0. The van der Waals surface area contributed by atoms with Gasteiger partial charge >= 0.3 is 12.4 Å². The average Bonchev–Trinajstić information content (AvgIpc) is 3.12. The summed E-state index contributed by atoms with van der Waals surface area (Å²) in [6, 6.07) is 13.2. The lowest BCUT2D eigenvalue weighted by Gasteiger charge is -2.27. The second-order valence-electron chi connectivity index (χ2n) is 9.60. The Labute approximate surface area is 213 Å². The zero-order valence-corrected chi connectivity index (χ0v) is 20.1. The largest absolute Gasteiger partial charge is 0.433 e. The Kier molecular flexibility index (Phi) is 6.07. The van der Waals surface area contributed by atoms with Gasteiger partial charge in [0.1, 0.15) is 22.9 Å². The Morgan fingerprint density at radius 1 is 0.816 bits per heavy atom. The van der Waals surface area contributed by atoms with Gasteiger partial charge < -0.3 is 5.32 Å². The molecule has 1 aliphatic rings. The van der Waals surface area contributed by atoms with Gasteiger partial charge in [0.05, 0.1) is 0 Å². The molecule has 4 aromatic rings. The van der Waals surface area contributed by atoms with E-state index in [4.69, 9.17) is 0 Å². The second kappa shape index (κ2) is 9.03. The number of anilines is 2. The molecule has 3 heterocycles. The van der Waals surface area contributed by atoms with Crippen molar-refractivity contribution in [3.8, 4) is 11.5 Å². The van der Waals surface area contributed by atoms with Crippen LogP contribution >= 0.6 is 0 Å². The molecule has 1 unspecified atom stereocenters. The maximum absolute atomic E-state index is 13.4. The first-order valence-corrected chi connectivity index (χ1v) is 11.5. The van der Waals surface area contributed by atoms with E-state index in [2.05, 4.69) is 30.2 Å². The summed E-state index contributed by atoms with van der Waals surface area (Å²) in [5, 5.41) is 2.73. The molecule has 0 aliphatic heterocycles. The van der Waals surface area contributed by atoms with Crippen LogP contribution in [-0.4, -0.2) is 24.9 Å². The van der Waals surface area contributed by atoms with E-state index >= 15 is 0 Å². The SMILES string of the molecule is CC1(C)Cc2ccccc2C1c1nc(Nc2ccnc(C(F)(F)F)c2)nc(-c2cccc(C(F)(F)F)n2)n1. The van der Waals surface area contributed by atoms with Crippen LogP contribution in [0.15, 0.2) is 60.8 Å². The molecular weight excluding hydrogens is 510 g/mol. The fourth-order valence-electron chi connectivity index (χ4n) is 4.68. The van der Waals surface area contributed by atoms with Crippen LogP contribution in [0.4, 0.5) is 38.0 Å². The molecule has 12 heteroatoms. The maximum atomic E-state index is 13.4. The number of nitrogens with zero attached hydrogens (tertiary/aromatic N) is 5. The highest BCUT2D eigenvalue weighted by atomic mass is 19.4. The lowest BCUT2D eigenvalue weighted by atomic mass is 9.79. The number of rotatable bonds is 4. The third-order valence-electron chi connectivity index (χ3n) is 6.28. The van der Waals surface area contributed by atoms with Crippen molar-refractivity contribution >= 4 is 11.6 Å². The number of benzene rings is 1. The lowest BCUT2D eigenvalue weighted by molar-refractivity contribution is -0.141. The average molecular weight is 530 g/mol. The molecule has 3 aromatic heterocycles. The topological polar surface area (TPSA) is 76.5 Å². The van der Waals surface area contributed by atoms with Crippen LogP contribution in [0, 0.1) is 5.41 Å². The van der Waals surface area contributed by atoms with Crippen LogP contribution < -0.4 is 5.32 Å². The van der Waals surface area contributed by atoms with Crippen LogP contribution in [0.5, 0.6) is 0 Å². The molecule has 1 atom stereocenters. The summed E-state index contributed by atoms with van der Waals surface area (Å²) in [7, 11) is 0. The normalized spacial score (nSPS) is 16.8. The first-order chi connectivity index (χ1) is 17.8. The predicted molar refractivity (Wildman–Crippen MR) is 126 cm³/mol. The molecule has 1 N–H and O–H groups in total. The van der Waals surface area contributed by atoms with E-state index in [1.165, 1.54) is 18.2 Å². The fourth-order valence-corrected chi connectivity index (χ4v) is 4.68. The Balaban J connectivity index is 1.65. The van der Waals surface area contributed by atoms with Crippen molar-refractivity contribution in [2.75, 3.05) is 5.32 Å². The Hall–Kier alpha value is -4.09. The van der Waals surface area contributed by atoms with Crippen LogP contribution in [0.25, 0.3) is 11.5 Å². The Bertz CT molecular complexity index is 1500. The molecule has 1 aromatic carbocycles. The van der Waals surface area contributed by atoms with Gasteiger partial charge in [-0.05, 0) is 47.2 Å². The number of fused-ring (bicyclic) bond motifs is 1. The minimum atomic E-state index is -4.69. The molecule has 0 saturated heterocycles. The van der Waals surface area contributed by atoms with Crippen molar-refractivity contribution < 1.29 is 26.3 Å². The van der Waals surface area contributed by atoms with Crippen molar-refractivity contribution in [2.45, 2.75) is 38.5 Å². The molecule has 196 valence electrons. The summed E-state index contributed by atoms with van der Waals surface area (Å²) in [6.07, 6.45) is -7.67. The number of alkyl halides is 6. The zero-order valence-electron chi connectivity index (χ0n) is 20.1. The summed E-state index contributed by atoms with van der Waals surface area (Å²) < 4.78 is 79.6. The minimum absolute atomic E-state index is 0.00138. The summed E-state index contributed by atoms with van der Waals surface area (Å²) in [6.45, 7) is 4.05. The number of pyridine rings is 2. The van der Waals surface area contributed by atoms with E-state index in [-0.39, 0.29) is 40.3 Å². The molecule has 0 fully saturated rings. The van der Waals surface area contributed by atoms with Crippen molar-refractivity contribution in [3.05, 3.63) is 89.1 Å². The van der Waals surface area contributed by atoms with Gasteiger partial charge in [-0.15, -0.1) is 0 Å². The quantitative estimate of drug-likeness (QED) is 0.292. The molecule has 0 radical (unpaired) electrons. The number of hydrogen-bond acceptors (Lipinski definition) is 6. The number of aromatic nitrogens is 5. The zero-order chi connectivity index (χ0) is 27.3. The standard InChI is InChI=1S/C26H20F6N6/c1-24(2)13-14-6-3-4-7-16(14)20(24)22-36-21(17-8-5-9-18(35-17)25(27,28)29)37-23(38-22)34-15-10-11-33-19(12-15)26(30,31)32/h3-12,20H,13H2,1-2H3,(H,33,34,36,37,38). The van der Waals surface area contributed by atoms with Gasteiger partial charge in [0.2, 0.25) is 5.95 Å². The lowest BCUT2D eigenvalue weighted by Crippen LogP contribution is -2.22. The highest BCUT2D eigenvalue weighted by molar-refractivity contribution is 5.58. The van der Waals surface area contributed by atoms with Gasteiger partial charge in [-0.1, -0.05) is 44.2 Å². The van der Waals surface area contributed by atoms with E-state index in [9.17, 15) is 26.3 Å². The summed E-state index contributed by atoms with van der Waals surface area (Å²) in [4.78, 5) is 20.3. The molecule has 38 heavy (non-hydrogen) atoms. The third kappa shape index (κ3) is 5.02. The van der Waals surface area contributed by atoms with E-state index < -0.39 is 23.7 Å². The summed E-state index contributed by atoms with van der Waals surface area (Å²) in [5.41, 5.74) is -0.716. The Morgan fingerprint density at radius 3 is 2.29 bits per heavy atom.